The Bertz CT molecular complexity index is 419. The number of nitrogens with zero attached hydrogens (tertiary/aromatic N) is 3. The average molecular weight is 392 g/mol. The number of nitrogens with two attached hydrogens (primary N) is 1. The predicted octanol–water partition coefficient (Wildman–Crippen LogP) is 2.32. The fourth-order valence-electron chi connectivity index (χ4n) is 2.30. The Balaban J connectivity index is 1.92. The van der Waals surface area contributed by atoms with Gasteiger partial charge in [-0.2, -0.15) is 0 Å². The summed E-state index contributed by atoms with van der Waals surface area (Å²) in [6, 6.07) is 2.05. The molecule has 1 saturated heterocycles. The van der Waals surface area contributed by atoms with Gasteiger partial charge in [-0.05, 0) is 50.4 Å². The Morgan fingerprint density at radius 1 is 1.32 bits per heavy atom. The van der Waals surface area contributed by atoms with Crippen LogP contribution in [0, 0.1) is 5.92 Å². The van der Waals surface area contributed by atoms with Crippen molar-refractivity contribution in [2.24, 2.45) is 11.7 Å². The average Bonchev–Trinajstić information content (AvgIpc) is 2.40. The molecule has 0 aliphatic carbocycles. The highest BCUT2D eigenvalue weighted by Gasteiger charge is 2.20. The molecule has 19 heavy (non-hydrogen) atoms. The van der Waals surface area contributed by atoms with Crippen LogP contribution in [0.15, 0.2) is 21.2 Å². The summed E-state index contributed by atoms with van der Waals surface area (Å²) in [7, 11) is 0. The van der Waals surface area contributed by atoms with Crippen molar-refractivity contribution in [2.75, 3.05) is 44.2 Å². The summed E-state index contributed by atoms with van der Waals surface area (Å²) in [4.78, 5) is 9.32. The zero-order valence-corrected chi connectivity index (χ0v) is 14.3. The number of rotatable bonds is 4. The predicted molar refractivity (Wildman–Crippen MR) is 86.5 cm³/mol. The molecule has 1 fully saturated rings. The van der Waals surface area contributed by atoms with Crippen LogP contribution in [-0.4, -0.2) is 49.2 Å². The van der Waals surface area contributed by atoms with Gasteiger partial charge in [0.2, 0.25) is 0 Å². The normalized spacial score (nSPS) is 18.6. The molecule has 0 radical (unpaired) electrons. The molecule has 1 aromatic heterocycles. The third kappa shape index (κ3) is 4.15. The van der Waals surface area contributed by atoms with Gasteiger partial charge in [0.25, 0.3) is 0 Å². The van der Waals surface area contributed by atoms with Crippen LogP contribution in [0.4, 0.5) is 5.82 Å². The van der Waals surface area contributed by atoms with Gasteiger partial charge in [-0.3, -0.25) is 4.90 Å². The lowest BCUT2D eigenvalue weighted by Gasteiger charge is -2.36. The number of aromatic nitrogens is 1. The third-order valence-electron chi connectivity index (χ3n) is 3.43. The number of halogens is 2. The van der Waals surface area contributed by atoms with E-state index >= 15 is 0 Å². The van der Waals surface area contributed by atoms with Gasteiger partial charge in [0.15, 0.2) is 0 Å². The lowest BCUT2D eigenvalue weighted by Crippen LogP contribution is -2.48. The van der Waals surface area contributed by atoms with E-state index in [2.05, 4.69) is 53.6 Å². The van der Waals surface area contributed by atoms with E-state index < -0.39 is 0 Å². The number of hydrogen-bond donors (Lipinski definition) is 1. The van der Waals surface area contributed by atoms with E-state index in [4.69, 9.17) is 5.73 Å². The van der Waals surface area contributed by atoms with Crippen molar-refractivity contribution in [3.05, 3.63) is 21.2 Å². The summed E-state index contributed by atoms with van der Waals surface area (Å²) in [6.07, 6.45) is 1.85. The van der Waals surface area contributed by atoms with Crippen molar-refractivity contribution >= 4 is 37.7 Å². The van der Waals surface area contributed by atoms with Crippen LogP contribution in [0.1, 0.15) is 6.92 Å². The van der Waals surface area contributed by atoms with Gasteiger partial charge in [-0.15, -0.1) is 0 Å². The molecule has 1 aromatic rings. The molecule has 6 heteroatoms. The number of pyridine rings is 1. The Labute approximate surface area is 131 Å². The number of anilines is 1. The van der Waals surface area contributed by atoms with Gasteiger partial charge < -0.3 is 10.6 Å². The van der Waals surface area contributed by atoms with E-state index in [1.807, 2.05) is 12.3 Å². The molecule has 0 saturated carbocycles. The first-order chi connectivity index (χ1) is 9.10. The van der Waals surface area contributed by atoms with Crippen molar-refractivity contribution in [3.63, 3.8) is 0 Å². The molecule has 1 aliphatic heterocycles. The van der Waals surface area contributed by atoms with E-state index in [1.165, 1.54) is 0 Å². The summed E-state index contributed by atoms with van der Waals surface area (Å²) in [5.41, 5.74) is 5.68. The Kier molecular flexibility index (Phi) is 5.62. The van der Waals surface area contributed by atoms with Crippen molar-refractivity contribution in [3.8, 4) is 0 Å². The highest BCUT2D eigenvalue weighted by molar-refractivity contribution is 9.11. The van der Waals surface area contributed by atoms with Crippen LogP contribution >= 0.6 is 31.9 Å². The second kappa shape index (κ2) is 7.02. The molecule has 1 atom stereocenters. The summed E-state index contributed by atoms with van der Waals surface area (Å²) in [5.74, 6) is 1.61. The monoisotopic (exact) mass is 390 g/mol. The largest absolute Gasteiger partial charge is 0.353 e. The van der Waals surface area contributed by atoms with Gasteiger partial charge in [0.05, 0.1) is 4.47 Å². The molecular formula is C13H20Br2N4. The minimum Gasteiger partial charge on any atom is -0.353 e. The summed E-state index contributed by atoms with van der Waals surface area (Å²) in [6.45, 7) is 8.26. The minimum absolute atomic E-state index is 0.573. The lowest BCUT2D eigenvalue weighted by molar-refractivity contribution is 0.226. The number of piperazine rings is 1. The van der Waals surface area contributed by atoms with E-state index in [-0.39, 0.29) is 0 Å². The van der Waals surface area contributed by atoms with Gasteiger partial charge >= 0.3 is 0 Å². The van der Waals surface area contributed by atoms with Crippen molar-refractivity contribution in [2.45, 2.75) is 6.92 Å². The van der Waals surface area contributed by atoms with Crippen LogP contribution in [0.25, 0.3) is 0 Å². The number of hydrogen-bond acceptors (Lipinski definition) is 4. The molecule has 1 unspecified atom stereocenters. The topological polar surface area (TPSA) is 45.4 Å². The van der Waals surface area contributed by atoms with Crippen molar-refractivity contribution in [1.29, 1.82) is 0 Å². The van der Waals surface area contributed by atoms with Crippen molar-refractivity contribution in [1.82, 2.24) is 9.88 Å². The maximum Gasteiger partial charge on any atom is 0.143 e. The molecule has 1 aliphatic rings. The Morgan fingerprint density at radius 3 is 2.58 bits per heavy atom. The molecule has 2 rings (SSSR count). The van der Waals surface area contributed by atoms with Crippen molar-refractivity contribution < 1.29 is 0 Å². The van der Waals surface area contributed by atoms with E-state index in [0.29, 0.717) is 5.92 Å². The molecular weight excluding hydrogens is 372 g/mol. The van der Waals surface area contributed by atoms with Gasteiger partial charge in [0.1, 0.15) is 5.82 Å². The van der Waals surface area contributed by atoms with Crippen LogP contribution in [-0.2, 0) is 0 Å². The van der Waals surface area contributed by atoms with E-state index in [9.17, 15) is 0 Å². The maximum atomic E-state index is 5.68. The first-order valence-corrected chi connectivity index (χ1v) is 8.17. The molecule has 4 nitrogen and oxygen atoms in total. The summed E-state index contributed by atoms with van der Waals surface area (Å²) in [5, 5.41) is 0. The van der Waals surface area contributed by atoms with E-state index in [1.54, 1.807) is 0 Å². The van der Waals surface area contributed by atoms with Crippen LogP contribution in [0.3, 0.4) is 0 Å². The molecule has 0 aromatic carbocycles. The highest BCUT2D eigenvalue weighted by Crippen LogP contribution is 2.27. The minimum atomic E-state index is 0.573. The van der Waals surface area contributed by atoms with Gasteiger partial charge in [-0.25, -0.2) is 4.98 Å². The molecule has 0 amide bonds. The standard InChI is InChI=1S/C13H20Br2N4/c1-10(7-16)9-18-2-4-19(5-3-18)13-12(15)6-11(14)8-17-13/h6,8,10H,2-5,7,9,16H2,1H3. The van der Waals surface area contributed by atoms with Crippen LogP contribution < -0.4 is 10.6 Å². The lowest BCUT2D eigenvalue weighted by atomic mass is 10.1. The first kappa shape index (κ1) is 15.2. The fraction of sp³-hybridized carbons (Fsp3) is 0.615. The zero-order valence-electron chi connectivity index (χ0n) is 11.1. The highest BCUT2D eigenvalue weighted by atomic mass is 79.9. The van der Waals surface area contributed by atoms with Crippen LogP contribution in [0.5, 0.6) is 0 Å². The quantitative estimate of drug-likeness (QED) is 0.855. The zero-order chi connectivity index (χ0) is 13.8. The molecule has 2 N–H and O–H groups in total. The molecule has 0 spiro atoms. The first-order valence-electron chi connectivity index (χ1n) is 6.58. The second-order valence-electron chi connectivity index (χ2n) is 5.09. The maximum absolute atomic E-state index is 5.68. The fourth-order valence-corrected chi connectivity index (χ4v) is 3.54. The SMILES string of the molecule is CC(CN)CN1CCN(c2ncc(Br)cc2Br)CC1. The second-order valence-corrected chi connectivity index (χ2v) is 6.86. The summed E-state index contributed by atoms with van der Waals surface area (Å²) < 4.78 is 2.05. The molecule has 0 bridgehead atoms. The van der Waals surface area contributed by atoms with Gasteiger partial charge in [0, 0.05) is 43.4 Å². The smallest absolute Gasteiger partial charge is 0.143 e. The van der Waals surface area contributed by atoms with E-state index in [0.717, 1.165) is 54.0 Å². The Hall–Kier alpha value is -0.170. The molecule has 106 valence electrons. The van der Waals surface area contributed by atoms with Crippen LogP contribution in [0.2, 0.25) is 0 Å². The van der Waals surface area contributed by atoms with Gasteiger partial charge in [-0.1, -0.05) is 6.92 Å². The molecule has 2 heterocycles. The third-order valence-corrected chi connectivity index (χ3v) is 4.45. The summed E-state index contributed by atoms with van der Waals surface area (Å²) >= 11 is 7.02. The Morgan fingerprint density at radius 2 is 2.00 bits per heavy atom.